The Bertz CT molecular complexity index is 721. The third kappa shape index (κ3) is 9.26. The van der Waals surface area contributed by atoms with Gasteiger partial charge >= 0.3 is 0 Å². The van der Waals surface area contributed by atoms with Gasteiger partial charge in [0.2, 0.25) is 17.7 Å². The molecule has 2 aliphatic rings. The van der Waals surface area contributed by atoms with Crippen LogP contribution >= 0.6 is 0 Å². The molecule has 5 atom stereocenters. The Kier molecular flexibility index (Phi) is 12.5. The van der Waals surface area contributed by atoms with Crippen molar-refractivity contribution in [2.45, 2.75) is 83.8 Å². The maximum Gasteiger partial charge on any atom is 0.245 e. The van der Waals surface area contributed by atoms with Gasteiger partial charge in [-0.3, -0.25) is 14.4 Å². The first-order chi connectivity index (χ1) is 17.0. The quantitative estimate of drug-likeness (QED) is 0.450. The fourth-order valence-electron chi connectivity index (χ4n) is 4.55. The van der Waals surface area contributed by atoms with Gasteiger partial charge in [-0.15, -0.1) is 0 Å². The number of nitrogens with zero attached hydrogens (tertiary/aromatic N) is 3. The molecule has 36 heavy (non-hydrogen) atoms. The lowest BCUT2D eigenvalue weighted by Crippen LogP contribution is -2.52. The van der Waals surface area contributed by atoms with Crippen LogP contribution < -0.4 is 0 Å². The molecule has 208 valence electrons. The lowest BCUT2D eigenvalue weighted by Gasteiger charge is -2.35. The molecule has 0 aromatic rings. The molecule has 2 heterocycles. The third-order valence-corrected chi connectivity index (χ3v) is 6.82. The van der Waals surface area contributed by atoms with Crippen LogP contribution in [0.4, 0.5) is 0 Å². The summed E-state index contributed by atoms with van der Waals surface area (Å²) in [7, 11) is 0. The minimum absolute atomic E-state index is 0.0510. The molecular formula is C25H45N3O8. The Morgan fingerprint density at radius 3 is 2.31 bits per heavy atom. The summed E-state index contributed by atoms with van der Waals surface area (Å²) in [5.74, 6) is -0.370. The number of aliphatic hydroxyl groups excluding tert-OH is 3. The van der Waals surface area contributed by atoms with Gasteiger partial charge in [-0.1, -0.05) is 13.8 Å². The molecule has 0 aromatic carbocycles. The summed E-state index contributed by atoms with van der Waals surface area (Å²) in [6, 6.07) is -0.734. The first-order valence-corrected chi connectivity index (χ1v) is 13.1. The molecule has 11 nitrogen and oxygen atoms in total. The Balaban J connectivity index is 2.19. The summed E-state index contributed by atoms with van der Waals surface area (Å²) < 4.78 is 11.5. The molecule has 0 unspecified atom stereocenters. The summed E-state index contributed by atoms with van der Waals surface area (Å²) in [6.07, 6.45) is -1.78. The normalized spacial score (nSPS) is 29.3. The molecule has 11 heteroatoms. The molecule has 0 saturated carbocycles. The zero-order valence-electron chi connectivity index (χ0n) is 22.2. The van der Waals surface area contributed by atoms with Crippen LogP contribution in [-0.4, -0.2) is 131 Å². The van der Waals surface area contributed by atoms with Crippen LogP contribution in [0.25, 0.3) is 0 Å². The second-order valence-corrected chi connectivity index (χ2v) is 10.3. The van der Waals surface area contributed by atoms with Gasteiger partial charge in [0.15, 0.2) is 0 Å². The molecular weight excluding hydrogens is 470 g/mol. The third-order valence-electron chi connectivity index (χ3n) is 6.82. The number of carbonyl (C=O) groups is 3. The number of amides is 3. The highest BCUT2D eigenvalue weighted by atomic mass is 16.5. The van der Waals surface area contributed by atoms with Gasteiger partial charge in [0.25, 0.3) is 0 Å². The fourth-order valence-corrected chi connectivity index (χ4v) is 4.55. The highest BCUT2D eigenvalue weighted by molar-refractivity contribution is 5.87. The average Bonchev–Trinajstić information content (AvgIpc) is 3.21. The monoisotopic (exact) mass is 515 g/mol. The van der Waals surface area contributed by atoms with Crippen LogP contribution in [0.3, 0.4) is 0 Å². The van der Waals surface area contributed by atoms with E-state index in [-0.39, 0.29) is 56.9 Å². The first-order valence-electron chi connectivity index (χ1n) is 13.1. The molecule has 2 rings (SSSR count). The van der Waals surface area contributed by atoms with E-state index in [1.165, 1.54) is 23.6 Å². The maximum absolute atomic E-state index is 13.4. The van der Waals surface area contributed by atoms with E-state index in [1.807, 2.05) is 0 Å². The molecule has 2 fully saturated rings. The molecule has 0 aliphatic carbocycles. The van der Waals surface area contributed by atoms with Gasteiger partial charge in [-0.2, -0.15) is 0 Å². The van der Waals surface area contributed by atoms with Crippen molar-refractivity contribution in [1.82, 2.24) is 14.7 Å². The average molecular weight is 516 g/mol. The van der Waals surface area contributed by atoms with E-state index in [0.717, 1.165) is 6.42 Å². The van der Waals surface area contributed by atoms with Crippen LogP contribution in [0, 0.1) is 5.92 Å². The second kappa shape index (κ2) is 14.8. The number of β-amino-alcohol motifs (C(OH)–C–C–N with tert-alkyl or cyclic N) is 1. The number of aliphatic hydroxyl groups is 3. The largest absolute Gasteiger partial charge is 0.391 e. The molecule has 0 spiro atoms. The van der Waals surface area contributed by atoms with Crippen LogP contribution in [-0.2, 0) is 23.9 Å². The second-order valence-electron chi connectivity index (χ2n) is 10.3. The zero-order chi connectivity index (χ0) is 26.8. The number of hydrogen-bond acceptors (Lipinski definition) is 8. The number of carbonyl (C=O) groups excluding carboxylic acids is 3. The highest BCUT2D eigenvalue weighted by Gasteiger charge is 2.39. The summed E-state index contributed by atoms with van der Waals surface area (Å²) in [6.45, 7) is 8.59. The van der Waals surface area contributed by atoms with Gasteiger partial charge in [0.05, 0.1) is 12.7 Å². The summed E-state index contributed by atoms with van der Waals surface area (Å²) in [5.41, 5.74) is 0. The van der Waals surface area contributed by atoms with Crippen LogP contribution in [0.2, 0.25) is 0 Å². The number of ether oxygens (including phenoxy) is 2. The predicted octanol–water partition coefficient (Wildman–Crippen LogP) is -0.391. The SMILES string of the molecule is CC(=O)N1CCN(C(=O)[C@@H]2C[C@@H](O)CN2C(C)=O)CCCCOC[C@@H](O)[C@@H](O)[C@H](OCCC(C)C)C1. The minimum Gasteiger partial charge on any atom is -0.391 e. The van der Waals surface area contributed by atoms with Crippen molar-refractivity contribution >= 4 is 17.7 Å². The van der Waals surface area contributed by atoms with Gasteiger partial charge in [0.1, 0.15) is 24.4 Å². The molecule has 3 N–H and O–H groups in total. The predicted molar refractivity (Wildman–Crippen MR) is 132 cm³/mol. The zero-order valence-corrected chi connectivity index (χ0v) is 22.2. The van der Waals surface area contributed by atoms with Gasteiger partial charge in [-0.05, 0) is 25.2 Å². The number of rotatable bonds is 5. The molecule has 0 radical (unpaired) electrons. The topological polar surface area (TPSA) is 140 Å². The van der Waals surface area contributed by atoms with E-state index < -0.39 is 30.5 Å². The van der Waals surface area contributed by atoms with Crippen molar-refractivity contribution in [1.29, 1.82) is 0 Å². The van der Waals surface area contributed by atoms with E-state index in [9.17, 15) is 29.7 Å². The number of likely N-dealkylation sites (tertiary alicyclic amines) is 1. The minimum atomic E-state index is -1.25. The van der Waals surface area contributed by atoms with Crippen molar-refractivity contribution < 1.29 is 39.2 Å². The van der Waals surface area contributed by atoms with Crippen LogP contribution in [0.5, 0.6) is 0 Å². The lowest BCUT2D eigenvalue weighted by molar-refractivity contribution is -0.145. The Morgan fingerprint density at radius 1 is 0.972 bits per heavy atom. The van der Waals surface area contributed by atoms with Crippen molar-refractivity contribution in [3.63, 3.8) is 0 Å². The molecule has 2 saturated heterocycles. The first kappa shape index (κ1) is 30.4. The van der Waals surface area contributed by atoms with Crippen LogP contribution in [0.15, 0.2) is 0 Å². The van der Waals surface area contributed by atoms with Crippen molar-refractivity contribution in [2.24, 2.45) is 5.92 Å². The standard InChI is InChI=1S/C25H45N3O8/c1-17(2)7-12-36-23-15-27(18(3)29)10-9-26(8-5-6-11-35-16-22(32)24(23)33)25(34)21-13-20(31)14-28(21)19(4)30/h17,20-24,31-33H,5-16H2,1-4H3/t20-,21+,22-,23-,24-/m1/s1. The number of hydrogen-bond donors (Lipinski definition) is 3. The Labute approximate surface area is 214 Å². The Morgan fingerprint density at radius 2 is 1.67 bits per heavy atom. The van der Waals surface area contributed by atoms with Gasteiger partial charge in [-0.25, -0.2) is 0 Å². The van der Waals surface area contributed by atoms with Crippen LogP contribution in [0.1, 0.15) is 53.4 Å². The summed E-state index contributed by atoms with van der Waals surface area (Å²) in [4.78, 5) is 42.5. The fraction of sp³-hybridized carbons (Fsp3) is 0.880. The molecule has 2 aliphatic heterocycles. The van der Waals surface area contributed by atoms with E-state index in [0.29, 0.717) is 38.5 Å². The van der Waals surface area contributed by atoms with Crippen molar-refractivity contribution in [2.75, 3.05) is 52.5 Å². The van der Waals surface area contributed by atoms with E-state index in [4.69, 9.17) is 9.47 Å². The van der Waals surface area contributed by atoms with E-state index in [2.05, 4.69) is 13.8 Å². The molecule has 3 amide bonds. The van der Waals surface area contributed by atoms with Crippen molar-refractivity contribution in [3.05, 3.63) is 0 Å². The molecule has 0 bridgehead atoms. The smallest absolute Gasteiger partial charge is 0.245 e. The summed E-state index contributed by atoms with van der Waals surface area (Å²) >= 11 is 0. The Hall–Kier alpha value is -1.79. The van der Waals surface area contributed by atoms with Gasteiger partial charge in [0, 0.05) is 66.2 Å². The highest BCUT2D eigenvalue weighted by Crippen LogP contribution is 2.21. The van der Waals surface area contributed by atoms with E-state index >= 15 is 0 Å². The summed E-state index contributed by atoms with van der Waals surface area (Å²) in [5, 5.41) is 31.3. The van der Waals surface area contributed by atoms with E-state index in [1.54, 1.807) is 4.90 Å². The van der Waals surface area contributed by atoms with Gasteiger partial charge < -0.3 is 39.5 Å². The lowest BCUT2D eigenvalue weighted by atomic mass is 10.1. The maximum atomic E-state index is 13.4. The molecule has 0 aromatic heterocycles. The van der Waals surface area contributed by atoms with Crippen molar-refractivity contribution in [3.8, 4) is 0 Å².